The van der Waals surface area contributed by atoms with Gasteiger partial charge >= 0.3 is 0 Å². The lowest BCUT2D eigenvalue weighted by Gasteiger charge is -2.11. The topological polar surface area (TPSA) is 29.9 Å². The van der Waals surface area contributed by atoms with Crippen molar-refractivity contribution < 1.29 is 0 Å². The van der Waals surface area contributed by atoms with E-state index in [-0.39, 0.29) is 0 Å². The molecule has 0 atom stereocenters. The van der Waals surface area contributed by atoms with Crippen LogP contribution in [0.15, 0.2) is 6.20 Å². The first kappa shape index (κ1) is 8.48. The number of aromatic nitrogens is 2. The van der Waals surface area contributed by atoms with E-state index < -0.39 is 0 Å². The van der Waals surface area contributed by atoms with Crippen molar-refractivity contribution in [2.45, 2.75) is 51.2 Å². The normalized spacial score (nSPS) is 20.9. The average Bonchev–Trinajstić information content (AvgIpc) is 2.94. The molecular formula is C11H17N3. The van der Waals surface area contributed by atoms with E-state index in [1.807, 2.05) is 0 Å². The molecule has 3 rings (SSSR count). The van der Waals surface area contributed by atoms with Gasteiger partial charge in [0.05, 0.1) is 5.69 Å². The predicted octanol–water partition coefficient (Wildman–Crippen LogP) is 1.47. The summed E-state index contributed by atoms with van der Waals surface area (Å²) in [6, 6.07) is 0.786. The van der Waals surface area contributed by atoms with E-state index in [0.29, 0.717) is 0 Å². The number of aryl methyl sites for hydroxylation is 2. The summed E-state index contributed by atoms with van der Waals surface area (Å²) in [5, 5.41) is 3.51. The average molecular weight is 191 g/mol. The maximum Gasteiger partial charge on any atom is 0.109 e. The Kier molecular flexibility index (Phi) is 2.05. The molecule has 0 saturated heterocycles. The molecule has 1 aliphatic carbocycles. The summed E-state index contributed by atoms with van der Waals surface area (Å²) in [6.45, 7) is 2.14. The van der Waals surface area contributed by atoms with Crippen LogP contribution < -0.4 is 5.32 Å². The Morgan fingerprint density at radius 2 is 2.36 bits per heavy atom. The van der Waals surface area contributed by atoms with E-state index in [0.717, 1.165) is 12.6 Å². The Bertz CT molecular complexity index is 302. The molecule has 0 bridgehead atoms. The van der Waals surface area contributed by atoms with Gasteiger partial charge in [0, 0.05) is 31.7 Å². The van der Waals surface area contributed by atoms with Crippen LogP contribution in [0, 0.1) is 0 Å². The second-order valence-electron chi connectivity index (χ2n) is 4.45. The number of imidazole rings is 1. The first-order chi connectivity index (χ1) is 6.92. The Morgan fingerprint density at radius 1 is 1.43 bits per heavy atom. The van der Waals surface area contributed by atoms with Gasteiger partial charge < -0.3 is 9.88 Å². The summed E-state index contributed by atoms with van der Waals surface area (Å²) in [7, 11) is 0. The van der Waals surface area contributed by atoms with Crippen LogP contribution >= 0.6 is 0 Å². The van der Waals surface area contributed by atoms with Crippen molar-refractivity contribution in [1.82, 2.24) is 14.9 Å². The third kappa shape index (κ3) is 1.69. The van der Waals surface area contributed by atoms with Crippen LogP contribution in [0.25, 0.3) is 0 Å². The number of hydrogen-bond acceptors (Lipinski definition) is 2. The fraction of sp³-hybridized carbons (Fsp3) is 0.727. The fourth-order valence-corrected chi connectivity index (χ4v) is 2.09. The molecule has 2 aliphatic rings. The third-order valence-corrected chi connectivity index (χ3v) is 3.11. The van der Waals surface area contributed by atoms with Crippen molar-refractivity contribution in [3.8, 4) is 0 Å². The standard InChI is InChI=1S/C11H17N3/c1-2-6-14-8-10(13-11(14)3-1)7-12-9-4-5-9/h8-9,12H,1-7H2. The summed E-state index contributed by atoms with van der Waals surface area (Å²) >= 11 is 0. The summed E-state index contributed by atoms with van der Waals surface area (Å²) < 4.78 is 2.33. The van der Waals surface area contributed by atoms with Gasteiger partial charge in [0.25, 0.3) is 0 Å². The first-order valence-corrected chi connectivity index (χ1v) is 5.70. The molecule has 2 heterocycles. The molecular weight excluding hydrogens is 174 g/mol. The van der Waals surface area contributed by atoms with E-state index in [2.05, 4.69) is 21.1 Å². The van der Waals surface area contributed by atoms with Crippen molar-refractivity contribution in [1.29, 1.82) is 0 Å². The number of hydrogen-bond donors (Lipinski definition) is 1. The maximum absolute atomic E-state index is 4.65. The molecule has 1 aliphatic heterocycles. The van der Waals surface area contributed by atoms with Gasteiger partial charge in [-0.1, -0.05) is 0 Å². The van der Waals surface area contributed by atoms with Crippen LogP contribution in [0.3, 0.4) is 0 Å². The van der Waals surface area contributed by atoms with Crippen LogP contribution in [0.4, 0.5) is 0 Å². The highest BCUT2D eigenvalue weighted by Crippen LogP contribution is 2.20. The second kappa shape index (κ2) is 3.39. The van der Waals surface area contributed by atoms with Gasteiger partial charge in [0.2, 0.25) is 0 Å². The van der Waals surface area contributed by atoms with Crippen molar-refractivity contribution in [3.63, 3.8) is 0 Å². The molecule has 14 heavy (non-hydrogen) atoms. The van der Waals surface area contributed by atoms with Crippen molar-refractivity contribution in [2.75, 3.05) is 0 Å². The highest BCUT2D eigenvalue weighted by molar-refractivity contribution is 5.06. The van der Waals surface area contributed by atoms with E-state index in [4.69, 9.17) is 0 Å². The highest BCUT2D eigenvalue weighted by atomic mass is 15.1. The van der Waals surface area contributed by atoms with Gasteiger partial charge in [-0.2, -0.15) is 0 Å². The molecule has 0 radical (unpaired) electrons. The van der Waals surface area contributed by atoms with E-state index in [9.17, 15) is 0 Å². The number of rotatable bonds is 3. The zero-order valence-electron chi connectivity index (χ0n) is 8.50. The summed E-state index contributed by atoms with van der Waals surface area (Å²) in [5.74, 6) is 1.30. The highest BCUT2D eigenvalue weighted by Gasteiger charge is 2.21. The Hall–Kier alpha value is -0.830. The van der Waals surface area contributed by atoms with Crippen LogP contribution in [0.5, 0.6) is 0 Å². The van der Waals surface area contributed by atoms with Gasteiger partial charge in [0.15, 0.2) is 0 Å². The summed E-state index contributed by atoms with van der Waals surface area (Å²) in [4.78, 5) is 4.65. The molecule has 0 spiro atoms. The first-order valence-electron chi connectivity index (χ1n) is 5.70. The lowest BCUT2D eigenvalue weighted by Crippen LogP contribution is -2.15. The number of nitrogens with zero attached hydrogens (tertiary/aromatic N) is 2. The Labute approximate surface area is 84.5 Å². The molecule has 1 aromatic heterocycles. The Morgan fingerprint density at radius 3 is 3.14 bits per heavy atom. The molecule has 1 saturated carbocycles. The maximum atomic E-state index is 4.65. The molecule has 0 amide bonds. The van der Waals surface area contributed by atoms with Crippen molar-refractivity contribution in [2.24, 2.45) is 0 Å². The van der Waals surface area contributed by atoms with E-state index in [1.54, 1.807) is 0 Å². The fourth-order valence-electron chi connectivity index (χ4n) is 2.09. The van der Waals surface area contributed by atoms with E-state index in [1.165, 1.54) is 50.2 Å². The van der Waals surface area contributed by atoms with Crippen LogP contribution in [0.1, 0.15) is 37.2 Å². The third-order valence-electron chi connectivity index (χ3n) is 3.11. The van der Waals surface area contributed by atoms with Crippen LogP contribution in [0.2, 0.25) is 0 Å². The minimum Gasteiger partial charge on any atom is -0.335 e. The quantitative estimate of drug-likeness (QED) is 0.784. The predicted molar refractivity (Wildman–Crippen MR) is 55.0 cm³/mol. The molecule has 76 valence electrons. The molecule has 1 fully saturated rings. The van der Waals surface area contributed by atoms with Gasteiger partial charge in [-0.05, 0) is 25.7 Å². The second-order valence-corrected chi connectivity index (χ2v) is 4.45. The van der Waals surface area contributed by atoms with Crippen LogP contribution in [-0.4, -0.2) is 15.6 Å². The monoisotopic (exact) mass is 191 g/mol. The minimum atomic E-state index is 0.786. The molecule has 0 aromatic carbocycles. The van der Waals surface area contributed by atoms with Gasteiger partial charge in [-0.3, -0.25) is 0 Å². The SMILES string of the molecule is c1c(CNC2CC2)nc2n1CCCC2. The molecule has 0 unspecified atom stereocenters. The van der Waals surface area contributed by atoms with Gasteiger partial charge in [-0.15, -0.1) is 0 Å². The lowest BCUT2D eigenvalue weighted by molar-refractivity contribution is 0.522. The number of nitrogens with one attached hydrogen (secondary N) is 1. The summed E-state index contributed by atoms with van der Waals surface area (Å²) in [6.07, 6.45) is 8.74. The molecule has 1 N–H and O–H groups in total. The number of fused-ring (bicyclic) bond motifs is 1. The minimum absolute atomic E-state index is 0.786. The zero-order valence-corrected chi connectivity index (χ0v) is 8.50. The van der Waals surface area contributed by atoms with E-state index >= 15 is 0 Å². The molecule has 1 aromatic rings. The smallest absolute Gasteiger partial charge is 0.109 e. The lowest BCUT2D eigenvalue weighted by atomic mass is 10.2. The van der Waals surface area contributed by atoms with Crippen LogP contribution in [-0.2, 0) is 19.5 Å². The largest absolute Gasteiger partial charge is 0.335 e. The van der Waals surface area contributed by atoms with Gasteiger partial charge in [0.1, 0.15) is 5.82 Å². The Balaban J connectivity index is 1.68. The van der Waals surface area contributed by atoms with Crippen molar-refractivity contribution >= 4 is 0 Å². The van der Waals surface area contributed by atoms with Crippen molar-refractivity contribution in [3.05, 3.63) is 17.7 Å². The molecule has 3 heteroatoms. The zero-order chi connectivity index (χ0) is 9.38. The summed E-state index contributed by atoms with van der Waals surface area (Å²) in [5.41, 5.74) is 1.23. The molecule has 3 nitrogen and oxygen atoms in total. The van der Waals surface area contributed by atoms with Gasteiger partial charge in [-0.25, -0.2) is 4.98 Å².